The molecule has 0 radical (unpaired) electrons. The van der Waals surface area contributed by atoms with Gasteiger partial charge in [0, 0.05) is 11.6 Å². The van der Waals surface area contributed by atoms with Gasteiger partial charge in [-0.2, -0.15) is 0 Å². The minimum absolute atomic E-state index is 0.0660. The lowest BCUT2D eigenvalue weighted by molar-refractivity contribution is 0.303. The minimum atomic E-state index is -1.03. The summed E-state index contributed by atoms with van der Waals surface area (Å²) in [5.74, 6) is 1.26. The molecule has 1 aromatic rings. The number of methoxy groups -OCH3 is 2. The first-order valence-electron chi connectivity index (χ1n) is 7.21. The molecule has 0 spiro atoms. The Hall–Kier alpha value is -1.29. The number of hydrogen-bond acceptors (Lipinski definition) is 3. The first-order chi connectivity index (χ1) is 9.57. The molecule has 0 bridgehead atoms. The molecule has 114 valence electrons. The molecular formula is C16H26FNO2. The Morgan fingerprint density at radius 3 is 2.30 bits per heavy atom. The van der Waals surface area contributed by atoms with Crippen LogP contribution in [0.25, 0.3) is 0 Å². The molecule has 0 heterocycles. The lowest BCUT2D eigenvalue weighted by Gasteiger charge is -2.18. The summed E-state index contributed by atoms with van der Waals surface area (Å²) in [4.78, 5) is 0. The lowest BCUT2D eigenvalue weighted by atomic mass is 9.98. The molecule has 1 rings (SSSR count). The SMILES string of the molecule is CCCC(F)c1cc(OC)c(CC(N)CC)cc1OC. The van der Waals surface area contributed by atoms with Crippen molar-refractivity contribution in [2.24, 2.45) is 5.73 Å². The summed E-state index contributed by atoms with van der Waals surface area (Å²) < 4.78 is 24.9. The first kappa shape index (κ1) is 16.8. The van der Waals surface area contributed by atoms with Crippen LogP contribution < -0.4 is 15.2 Å². The van der Waals surface area contributed by atoms with E-state index in [1.54, 1.807) is 20.3 Å². The van der Waals surface area contributed by atoms with E-state index in [1.165, 1.54) is 0 Å². The molecular weight excluding hydrogens is 257 g/mol. The Balaban J connectivity index is 3.15. The molecule has 0 saturated carbocycles. The van der Waals surface area contributed by atoms with Gasteiger partial charge in [-0.3, -0.25) is 0 Å². The van der Waals surface area contributed by atoms with Crippen molar-refractivity contribution >= 4 is 0 Å². The number of hydrogen-bond donors (Lipinski definition) is 1. The first-order valence-corrected chi connectivity index (χ1v) is 7.21. The second kappa shape index (κ2) is 8.10. The van der Waals surface area contributed by atoms with Crippen molar-refractivity contribution in [3.8, 4) is 11.5 Å². The van der Waals surface area contributed by atoms with Crippen molar-refractivity contribution in [2.75, 3.05) is 14.2 Å². The molecule has 0 aliphatic heterocycles. The molecule has 0 aliphatic carbocycles. The summed E-state index contributed by atoms with van der Waals surface area (Å²) in [5, 5.41) is 0. The smallest absolute Gasteiger partial charge is 0.129 e. The standard InChI is InChI=1S/C16H26FNO2/c1-5-7-14(17)13-10-15(19-3)11(8-12(18)6-2)9-16(13)20-4/h9-10,12,14H,5-8,18H2,1-4H3. The summed E-state index contributed by atoms with van der Waals surface area (Å²) in [5.41, 5.74) is 7.51. The molecule has 0 aromatic heterocycles. The van der Waals surface area contributed by atoms with Crippen LogP contribution in [0, 0.1) is 0 Å². The van der Waals surface area contributed by atoms with Crippen LogP contribution in [0.3, 0.4) is 0 Å². The highest BCUT2D eigenvalue weighted by atomic mass is 19.1. The number of halogens is 1. The molecule has 0 fully saturated rings. The van der Waals surface area contributed by atoms with Gasteiger partial charge in [-0.25, -0.2) is 4.39 Å². The van der Waals surface area contributed by atoms with E-state index in [9.17, 15) is 4.39 Å². The maximum absolute atomic E-state index is 14.2. The van der Waals surface area contributed by atoms with Crippen molar-refractivity contribution < 1.29 is 13.9 Å². The van der Waals surface area contributed by atoms with E-state index < -0.39 is 6.17 Å². The molecule has 20 heavy (non-hydrogen) atoms. The van der Waals surface area contributed by atoms with Gasteiger partial charge in [-0.05, 0) is 37.0 Å². The van der Waals surface area contributed by atoms with E-state index in [0.717, 1.165) is 18.4 Å². The number of ether oxygens (including phenoxy) is 2. The van der Waals surface area contributed by atoms with Crippen LogP contribution in [0.5, 0.6) is 11.5 Å². The van der Waals surface area contributed by atoms with Gasteiger partial charge < -0.3 is 15.2 Å². The molecule has 2 atom stereocenters. The zero-order valence-corrected chi connectivity index (χ0v) is 12.9. The number of benzene rings is 1. The van der Waals surface area contributed by atoms with E-state index in [4.69, 9.17) is 15.2 Å². The van der Waals surface area contributed by atoms with Gasteiger partial charge in [0.05, 0.1) is 14.2 Å². The van der Waals surface area contributed by atoms with Gasteiger partial charge in [-0.1, -0.05) is 20.3 Å². The van der Waals surface area contributed by atoms with Gasteiger partial charge in [0.25, 0.3) is 0 Å². The highest BCUT2D eigenvalue weighted by molar-refractivity contribution is 5.48. The van der Waals surface area contributed by atoms with Gasteiger partial charge in [0.2, 0.25) is 0 Å². The summed E-state index contributed by atoms with van der Waals surface area (Å²) >= 11 is 0. The quantitative estimate of drug-likeness (QED) is 0.789. The van der Waals surface area contributed by atoms with Crippen molar-refractivity contribution in [3.05, 3.63) is 23.3 Å². The van der Waals surface area contributed by atoms with E-state index in [-0.39, 0.29) is 6.04 Å². The molecule has 2 unspecified atom stereocenters. The minimum Gasteiger partial charge on any atom is -0.496 e. The Labute approximate surface area is 121 Å². The monoisotopic (exact) mass is 283 g/mol. The van der Waals surface area contributed by atoms with Crippen molar-refractivity contribution in [3.63, 3.8) is 0 Å². The van der Waals surface area contributed by atoms with Gasteiger partial charge in [0.15, 0.2) is 0 Å². The highest BCUT2D eigenvalue weighted by Crippen LogP contribution is 2.36. The second-order valence-corrected chi connectivity index (χ2v) is 5.03. The predicted molar refractivity (Wildman–Crippen MR) is 80.3 cm³/mol. The van der Waals surface area contributed by atoms with Gasteiger partial charge in [0.1, 0.15) is 17.7 Å². The van der Waals surface area contributed by atoms with Gasteiger partial charge >= 0.3 is 0 Å². The molecule has 0 aliphatic rings. The van der Waals surface area contributed by atoms with E-state index in [0.29, 0.717) is 29.9 Å². The topological polar surface area (TPSA) is 44.5 Å². The number of rotatable bonds is 8. The molecule has 2 N–H and O–H groups in total. The Kier molecular flexibility index (Phi) is 6.79. The van der Waals surface area contributed by atoms with Crippen LogP contribution in [0.15, 0.2) is 12.1 Å². The van der Waals surface area contributed by atoms with Crippen molar-refractivity contribution in [1.29, 1.82) is 0 Å². The zero-order valence-electron chi connectivity index (χ0n) is 12.9. The number of nitrogens with two attached hydrogens (primary N) is 1. The van der Waals surface area contributed by atoms with Crippen LogP contribution in [0.2, 0.25) is 0 Å². The van der Waals surface area contributed by atoms with E-state index in [1.807, 2.05) is 19.9 Å². The molecule has 0 amide bonds. The maximum Gasteiger partial charge on any atom is 0.129 e. The van der Waals surface area contributed by atoms with Crippen LogP contribution >= 0.6 is 0 Å². The summed E-state index contributed by atoms with van der Waals surface area (Å²) in [7, 11) is 3.16. The van der Waals surface area contributed by atoms with E-state index >= 15 is 0 Å². The fraction of sp³-hybridized carbons (Fsp3) is 0.625. The Bertz CT molecular complexity index is 423. The fourth-order valence-electron chi connectivity index (χ4n) is 2.22. The average molecular weight is 283 g/mol. The summed E-state index contributed by atoms with van der Waals surface area (Å²) in [6, 6.07) is 3.67. The third-order valence-electron chi connectivity index (χ3n) is 3.52. The third kappa shape index (κ3) is 4.10. The van der Waals surface area contributed by atoms with Crippen LogP contribution in [-0.2, 0) is 6.42 Å². The summed E-state index contributed by atoms with van der Waals surface area (Å²) in [6.45, 7) is 4.01. The average Bonchev–Trinajstić information content (AvgIpc) is 2.46. The van der Waals surface area contributed by atoms with Gasteiger partial charge in [-0.15, -0.1) is 0 Å². The highest BCUT2D eigenvalue weighted by Gasteiger charge is 2.19. The third-order valence-corrected chi connectivity index (χ3v) is 3.52. The molecule has 4 heteroatoms. The zero-order chi connectivity index (χ0) is 15.1. The largest absolute Gasteiger partial charge is 0.496 e. The summed E-state index contributed by atoms with van der Waals surface area (Å²) in [6.07, 6.45) is 1.82. The molecule has 0 saturated heterocycles. The predicted octanol–water partition coefficient (Wildman–Crippen LogP) is 3.79. The maximum atomic E-state index is 14.2. The Morgan fingerprint density at radius 2 is 1.80 bits per heavy atom. The fourth-order valence-corrected chi connectivity index (χ4v) is 2.22. The van der Waals surface area contributed by atoms with E-state index in [2.05, 4.69) is 0 Å². The lowest BCUT2D eigenvalue weighted by Crippen LogP contribution is -2.21. The van der Waals surface area contributed by atoms with Crippen LogP contribution in [0.4, 0.5) is 4.39 Å². The second-order valence-electron chi connectivity index (χ2n) is 5.03. The van der Waals surface area contributed by atoms with Crippen molar-refractivity contribution in [1.82, 2.24) is 0 Å². The van der Waals surface area contributed by atoms with Crippen LogP contribution in [-0.4, -0.2) is 20.3 Å². The normalized spacial score (nSPS) is 13.9. The molecule has 1 aromatic carbocycles. The Morgan fingerprint density at radius 1 is 1.15 bits per heavy atom. The number of alkyl halides is 1. The van der Waals surface area contributed by atoms with Crippen molar-refractivity contribution in [2.45, 2.75) is 51.7 Å². The molecule has 3 nitrogen and oxygen atoms in total. The van der Waals surface area contributed by atoms with Crippen LogP contribution in [0.1, 0.15) is 50.4 Å².